The number of carbonyl (C=O) groups excluding carboxylic acids is 1. The summed E-state index contributed by atoms with van der Waals surface area (Å²) in [5.41, 5.74) is 17.3. The predicted octanol–water partition coefficient (Wildman–Crippen LogP) is 2.86. The second-order valence-corrected chi connectivity index (χ2v) is 8.89. The molecular weight excluding hydrogens is 442 g/mol. The summed E-state index contributed by atoms with van der Waals surface area (Å²) in [6, 6.07) is 20.2. The summed E-state index contributed by atoms with van der Waals surface area (Å²) in [6.45, 7) is 4.62. The van der Waals surface area contributed by atoms with Crippen LogP contribution in [-0.4, -0.2) is 25.7 Å². The highest BCUT2D eigenvalue weighted by Crippen LogP contribution is 2.32. The van der Waals surface area contributed by atoms with Gasteiger partial charge in [0.2, 0.25) is 0 Å². The van der Waals surface area contributed by atoms with Crippen molar-refractivity contribution >= 4 is 11.7 Å². The standard InChI is InChI=1S/C25H25N9O/c1-15(2)34-14-26-30-24(34)21-4-3-5-22(27-21)33-13-19-11-10-18(12-20(19)25(33)35)16-6-8-17(9-7-16)23-28-31-32-29-23/h3-12,14-15,23,28-29,31-32H,13H2,1-2H3. The van der Waals surface area contributed by atoms with E-state index in [4.69, 9.17) is 4.98 Å². The van der Waals surface area contributed by atoms with Gasteiger partial charge in [-0.15, -0.1) is 10.2 Å². The molecule has 0 aliphatic carbocycles. The van der Waals surface area contributed by atoms with Gasteiger partial charge in [0.1, 0.15) is 24.0 Å². The molecule has 10 nitrogen and oxygen atoms in total. The Balaban J connectivity index is 1.26. The van der Waals surface area contributed by atoms with E-state index >= 15 is 0 Å². The Morgan fingerprint density at radius 2 is 1.74 bits per heavy atom. The number of aromatic nitrogens is 4. The van der Waals surface area contributed by atoms with E-state index in [1.54, 1.807) is 11.2 Å². The molecule has 0 atom stereocenters. The van der Waals surface area contributed by atoms with Gasteiger partial charge in [-0.05, 0) is 54.3 Å². The van der Waals surface area contributed by atoms with Crippen LogP contribution in [0.25, 0.3) is 22.6 Å². The van der Waals surface area contributed by atoms with Gasteiger partial charge in [0, 0.05) is 11.6 Å². The van der Waals surface area contributed by atoms with Gasteiger partial charge < -0.3 is 4.57 Å². The van der Waals surface area contributed by atoms with Crippen LogP contribution in [0.1, 0.15) is 47.5 Å². The lowest BCUT2D eigenvalue weighted by Crippen LogP contribution is -2.33. The van der Waals surface area contributed by atoms with Gasteiger partial charge in [0.05, 0.1) is 6.54 Å². The maximum Gasteiger partial charge on any atom is 0.260 e. The molecule has 1 saturated heterocycles. The number of carbonyl (C=O) groups is 1. The summed E-state index contributed by atoms with van der Waals surface area (Å²) in [5, 5.41) is 8.28. The van der Waals surface area contributed by atoms with Crippen molar-refractivity contribution in [2.45, 2.75) is 32.6 Å². The highest BCUT2D eigenvalue weighted by molar-refractivity contribution is 6.10. The van der Waals surface area contributed by atoms with Crippen molar-refractivity contribution in [1.29, 1.82) is 0 Å². The van der Waals surface area contributed by atoms with Crippen molar-refractivity contribution in [2.75, 3.05) is 4.90 Å². The fourth-order valence-corrected chi connectivity index (χ4v) is 4.45. The largest absolute Gasteiger partial charge is 0.310 e. The molecule has 0 spiro atoms. The number of amides is 1. The second-order valence-electron chi connectivity index (χ2n) is 8.89. The normalized spacial score (nSPS) is 15.9. The molecule has 1 fully saturated rings. The first-order valence-corrected chi connectivity index (χ1v) is 11.5. The van der Waals surface area contributed by atoms with Gasteiger partial charge in [-0.3, -0.25) is 9.69 Å². The molecule has 0 radical (unpaired) electrons. The first-order valence-electron chi connectivity index (χ1n) is 11.5. The fraction of sp³-hybridized carbons (Fsp3) is 0.200. The molecule has 4 aromatic rings. The summed E-state index contributed by atoms with van der Waals surface area (Å²) >= 11 is 0. The average Bonchev–Trinajstić information content (AvgIpc) is 3.65. The van der Waals surface area contributed by atoms with Crippen LogP contribution in [0.15, 0.2) is 67.0 Å². The number of rotatable bonds is 5. The van der Waals surface area contributed by atoms with Crippen LogP contribution in [-0.2, 0) is 6.54 Å². The van der Waals surface area contributed by atoms with E-state index in [1.807, 2.05) is 34.9 Å². The summed E-state index contributed by atoms with van der Waals surface area (Å²) in [4.78, 5) is 19.9. The van der Waals surface area contributed by atoms with Gasteiger partial charge >= 0.3 is 0 Å². The predicted molar refractivity (Wildman–Crippen MR) is 131 cm³/mol. The topological polar surface area (TPSA) is 112 Å². The monoisotopic (exact) mass is 467 g/mol. The molecule has 4 heterocycles. The first kappa shape index (κ1) is 21.6. The van der Waals surface area contributed by atoms with E-state index in [2.05, 4.69) is 76.3 Å². The minimum atomic E-state index is -0.0510. The lowest BCUT2D eigenvalue weighted by atomic mass is 9.99. The van der Waals surface area contributed by atoms with Crippen molar-refractivity contribution in [1.82, 2.24) is 41.7 Å². The molecule has 2 aromatic carbocycles. The Kier molecular flexibility index (Phi) is 5.34. The fourth-order valence-electron chi connectivity index (χ4n) is 4.45. The minimum absolute atomic E-state index is 0.0168. The van der Waals surface area contributed by atoms with Crippen LogP contribution in [0.3, 0.4) is 0 Å². The van der Waals surface area contributed by atoms with Crippen LogP contribution in [0.4, 0.5) is 5.82 Å². The summed E-state index contributed by atoms with van der Waals surface area (Å²) in [7, 11) is 0. The molecule has 0 unspecified atom stereocenters. The van der Waals surface area contributed by atoms with E-state index in [0.717, 1.165) is 22.3 Å². The van der Waals surface area contributed by atoms with Crippen molar-refractivity contribution in [3.05, 3.63) is 83.7 Å². The van der Waals surface area contributed by atoms with Gasteiger partial charge in [-0.2, -0.15) is 11.1 Å². The third-order valence-electron chi connectivity index (χ3n) is 6.36. The van der Waals surface area contributed by atoms with Crippen LogP contribution < -0.4 is 26.8 Å². The smallest absolute Gasteiger partial charge is 0.260 e. The molecule has 176 valence electrons. The van der Waals surface area contributed by atoms with Gasteiger partial charge in [0.15, 0.2) is 5.82 Å². The van der Waals surface area contributed by atoms with E-state index in [9.17, 15) is 4.79 Å². The quantitative estimate of drug-likeness (QED) is 0.355. The Hall–Kier alpha value is -3.96. The number of fused-ring (bicyclic) bond motifs is 1. The Bertz CT molecular complexity index is 1390. The second kappa shape index (κ2) is 8.67. The maximum absolute atomic E-state index is 13.4. The highest BCUT2D eigenvalue weighted by Gasteiger charge is 2.30. The summed E-state index contributed by atoms with van der Waals surface area (Å²) in [6.07, 6.45) is 1.69. The molecular formula is C25H25N9O. The summed E-state index contributed by atoms with van der Waals surface area (Å²) in [5.74, 6) is 1.24. The number of nitrogens with zero attached hydrogens (tertiary/aromatic N) is 5. The van der Waals surface area contributed by atoms with Crippen molar-refractivity contribution in [3.8, 4) is 22.6 Å². The molecule has 0 bridgehead atoms. The van der Waals surface area contributed by atoms with Crippen molar-refractivity contribution in [2.24, 2.45) is 0 Å². The number of benzene rings is 2. The average molecular weight is 468 g/mol. The molecule has 6 rings (SSSR count). The number of hydrazine groups is 3. The lowest BCUT2D eigenvalue weighted by molar-refractivity contribution is 0.0996. The maximum atomic E-state index is 13.4. The molecule has 2 aromatic heterocycles. The zero-order valence-electron chi connectivity index (χ0n) is 19.4. The van der Waals surface area contributed by atoms with Crippen LogP contribution in [0.2, 0.25) is 0 Å². The van der Waals surface area contributed by atoms with Crippen LogP contribution in [0, 0.1) is 0 Å². The number of nitrogens with one attached hydrogen (secondary N) is 4. The van der Waals surface area contributed by atoms with Gasteiger partial charge in [-0.25, -0.2) is 15.8 Å². The minimum Gasteiger partial charge on any atom is -0.310 e. The Morgan fingerprint density at radius 1 is 0.971 bits per heavy atom. The van der Waals surface area contributed by atoms with Crippen LogP contribution >= 0.6 is 0 Å². The third kappa shape index (κ3) is 3.88. The van der Waals surface area contributed by atoms with E-state index in [0.29, 0.717) is 29.4 Å². The number of pyridine rings is 1. The zero-order valence-corrected chi connectivity index (χ0v) is 19.4. The highest BCUT2D eigenvalue weighted by atomic mass is 16.2. The zero-order chi connectivity index (χ0) is 23.9. The Labute approximate surface area is 202 Å². The third-order valence-corrected chi connectivity index (χ3v) is 6.36. The van der Waals surface area contributed by atoms with Gasteiger partial charge in [-0.1, -0.05) is 42.5 Å². The van der Waals surface area contributed by atoms with E-state index in [-0.39, 0.29) is 18.1 Å². The molecule has 4 N–H and O–H groups in total. The van der Waals surface area contributed by atoms with E-state index in [1.165, 1.54) is 0 Å². The first-order chi connectivity index (χ1) is 17.1. The SMILES string of the molecule is CC(C)n1cnnc1-c1cccc(N2Cc3ccc(-c4ccc(C5NNNN5)cc4)cc3C2=O)n1. The number of hydrogen-bond acceptors (Lipinski definition) is 8. The molecule has 35 heavy (non-hydrogen) atoms. The number of hydrogen-bond donors (Lipinski definition) is 4. The van der Waals surface area contributed by atoms with Gasteiger partial charge in [0.25, 0.3) is 5.91 Å². The Morgan fingerprint density at radius 3 is 2.51 bits per heavy atom. The lowest BCUT2D eigenvalue weighted by Gasteiger charge is -2.16. The summed E-state index contributed by atoms with van der Waals surface area (Å²) < 4.78 is 1.97. The van der Waals surface area contributed by atoms with Crippen molar-refractivity contribution in [3.63, 3.8) is 0 Å². The molecule has 0 saturated carbocycles. The molecule has 10 heteroatoms. The van der Waals surface area contributed by atoms with Crippen LogP contribution in [0.5, 0.6) is 0 Å². The van der Waals surface area contributed by atoms with E-state index < -0.39 is 0 Å². The molecule has 2 aliphatic heterocycles. The van der Waals surface area contributed by atoms with Crippen molar-refractivity contribution < 1.29 is 4.79 Å². The molecule has 1 amide bonds. The molecule has 2 aliphatic rings. The number of anilines is 1.